The number of piperazine rings is 1. The minimum Gasteiger partial charge on any atom is -0.453 e. The zero-order valence-corrected chi connectivity index (χ0v) is 30.6. The summed E-state index contributed by atoms with van der Waals surface area (Å²) in [5.74, 6) is -1.61. The first-order valence-electron chi connectivity index (χ1n) is 17.6. The van der Waals surface area contributed by atoms with Crippen LogP contribution in [0, 0.1) is 11.7 Å². The molecule has 296 valence electrons. The number of carbonyl (C=O) groups excluding carboxylic acids is 4. The van der Waals surface area contributed by atoms with Crippen LogP contribution >= 0.6 is 0 Å². The summed E-state index contributed by atoms with van der Waals surface area (Å²) in [6.07, 6.45) is -2.32. The number of hydrogen-bond donors (Lipinski definition) is 4. The minimum absolute atomic E-state index is 0.0361. The van der Waals surface area contributed by atoms with Crippen LogP contribution in [0.5, 0.6) is 5.75 Å². The van der Waals surface area contributed by atoms with Gasteiger partial charge in [-0.1, -0.05) is 31.2 Å². The standard InChI is InChI=1S/C37H39F4N9O6/c1-21-14-29(50(20-21)32(51)19-45-36(54)55-3)33-44-18-28(46-33)23-6-4-22(5-7-23)25-15-26(38)27(16-30(25)56-37(39,40)41)47-34(52)24-8-9-31(43-17-24)48-10-12-49(13-11-48)35(53)42-2/h4-9,15-18,21,29H,10-14,19-20H2,1-3H3,(H,42,53)(H,44,46)(H,45,54)(H,47,52). The molecule has 4 aromatic rings. The van der Waals surface area contributed by atoms with Gasteiger partial charge in [0.15, 0.2) is 0 Å². The molecule has 2 aliphatic rings. The predicted molar refractivity (Wildman–Crippen MR) is 195 cm³/mol. The second kappa shape index (κ2) is 16.5. The van der Waals surface area contributed by atoms with Gasteiger partial charge in [0.05, 0.1) is 30.1 Å². The monoisotopic (exact) mass is 781 g/mol. The van der Waals surface area contributed by atoms with E-state index < -0.39 is 35.6 Å². The number of methoxy groups -OCH3 is 1. The van der Waals surface area contributed by atoms with Crippen molar-refractivity contribution in [1.29, 1.82) is 0 Å². The lowest BCUT2D eigenvalue weighted by atomic mass is 10.0. The van der Waals surface area contributed by atoms with Gasteiger partial charge in [-0.15, -0.1) is 13.2 Å². The number of ether oxygens (including phenoxy) is 2. The summed E-state index contributed by atoms with van der Waals surface area (Å²) in [6, 6.07) is 10.3. The van der Waals surface area contributed by atoms with E-state index in [4.69, 9.17) is 0 Å². The molecule has 2 aromatic carbocycles. The van der Waals surface area contributed by atoms with E-state index in [1.165, 1.54) is 31.5 Å². The number of likely N-dealkylation sites (tertiary alicyclic amines) is 1. The summed E-state index contributed by atoms with van der Waals surface area (Å²) in [5.41, 5.74) is 0.548. The summed E-state index contributed by atoms with van der Waals surface area (Å²) < 4.78 is 65.1. The van der Waals surface area contributed by atoms with Crippen molar-refractivity contribution in [2.45, 2.75) is 25.7 Å². The molecule has 2 unspecified atom stereocenters. The number of carbonyl (C=O) groups is 4. The Labute approximate surface area is 318 Å². The minimum atomic E-state index is -5.13. The van der Waals surface area contributed by atoms with E-state index in [2.05, 4.69) is 40.4 Å². The number of alkyl halides is 3. The molecule has 2 atom stereocenters. The molecule has 2 saturated heterocycles. The van der Waals surface area contributed by atoms with E-state index in [9.17, 15) is 32.3 Å². The molecule has 0 bridgehead atoms. The number of rotatable bonds is 9. The molecule has 4 N–H and O–H groups in total. The fraction of sp³-hybridized carbons (Fsp3) is 0.351. The Hall–Kier alpha value is -6.40. The van der Waals surface area contributed by atoms with Crippen molar-refractivity contribution in [3.05, 3.63) is 78.1 Å². The van der Waals surface area contributed by atoms with Crippen LogP contribution in [0.1, 0.15) is 35.6 Å². The van der Waals surface area contributed by atoms with Crippen molar-refractivity contribution in [3.63, 3.8) is 0 Å². The molecular formula is C37H39F4N9O6. The number of benzene rings is 2. The van der Waals surface area contributed by atoms with Crippen molar-refractivity contribution in [1.82, 2.24) is 35.4 Å². The number of anilines is 2. The number of nitrogens with one attached hydrogen (secondary N) is 4. The number of imidazole rings is 1. The first-order chi connectivity index (χ1) is 26.7. The summed E-state index contributed by atoms with van der Waals surface area (Å²) in [4.78, 5) is 66.6. The number of H-pyrrole nitrogens is 1. The highest BCUT2D eigenvalue weighted by Crippen LogP contribution is 2.39. The average Bonchev–Trinajstić information content (AvgIpc) is 3.84. The second-order valence-corrected chi connectivity index (χ2v) is 13.3. The molecular weight excluding hydrogens is 742 g/mol. The van der Waals surface area contributed by atoms with Crippen molar-refractivity contribution in [3.8, 4) is 28.1 Å². The summed E-state index contributed by atoms with van der Waals surface area (Å²) in [5, 5.41) is 7.28. The smallest absolute Gasteiger partial charge is 0.453 e. The molecule has 2 aromatic heterocycles. The van der Waals surface area contributed by atoms with E-state index in [1.54, 1.807) is 41.2 Å². The topological polar surface area (TPSA) is 174 Å². The lowest BCUT2D eigenvalue weighted by molar-refractivity contribution is -0.274. The van der Waals surface area contributed by atoms with Crippen LogP contribution in [-0.2, 0) is 9.53 Å². The van der Waals surface area contributed by atoms with Gasteiger partial charge in [-0.3, -0.25) is 9.59 Å². The van der Waals surface area contributed by atoms with Crippen molar-refractivity contribution in [2.75, 3.05) is 63.6 Å². The second-order valence-electron chi connectivity index (χ2n) is 13.3. The molecule has 19 heteroatoms. The number of aromatic amines is 1. The third-order valence-corrected chi connectivity index (χ3v) is 9.46. The number of hydrogen-bond acceptors (Lipinski definition) is 9. The number of halogens is 4. The van der Waals surface area contributed by atoms with Crippen LogP contribution in [0.25, 0.3) is 22.4 Å². The average molecular weight is 782 g/mol. The molecule has 0 aliphatic carbocycles. The van der Waals surface area contributed by atoms with Gasteiger partial charge in [0, 0.05) is 69.4 Å². The Kier molecular flexibility index (Phi) is 11.6. The first kappa shape index (κ1) is 39.3. The summed E-state index contributed by atoms with van der Waals surface area (Å²) in [6.45, 7) is 4.19. The lowest BCUT2D eigenvalue weighted by Crippen LogP contribution is -2.51. The maximum absolute atomic E-state index is 15.5. The largest absolute Gasteiger partial charge is 0.573 e. The van der Waals surface area contributed by atoms with Crippen LogP contribution in [0.4, 0.5) is 38.7 Å². The van der Waals surface area contributed by atoms with Gasteiger partial charge in [0.25, 0.3) is 5.91 Å². The molecule has 56 heavy (non-hydrogen) atoms. The Morgan fingerprint density at radius 3 is 2.36 bits per heavy atom. The third kappa shape index (κ3) is 9.10. The van der Waals surface area contributed by atoms with E-state index in [-0.39, 0.29) is 47.1 Å². The van der Waals surface area contributed by atoms with Gasteiger partial charge in [-0.2, -0.15) is 0 Å². The molecule has 2 fully saturated rings. The Bertz CT molecular complexity index is 2070. The van der Waals surface area contributed by atoms with Crippen LogP contribution in [0.3, 0.4) is 0 Å². The van der Waals surface area contributed by atoms with Gasteiger partial charge in [0.2, 0.25) is 5.91 Å². The van der Waals surface area contributed by atoms with Crippen LogP contribution in [0.2, 0.25) is 0 Å². The normalized spacial score (nSPS) is 17.0. The number of pyridine rings is 1. The van der Waals surface area contributed by atoms with E-state index in [0.29, 0.717) is 62.0 Å². The number of urea groups is 1. The van der Waals surface area contributed by atoms with Crippen LogP contribution in [-0.4, -0.2) is 108 Å². The van der Waals surface area contributed by atoms with Crippen molar-refractivity contribution in [2.24, 2.45) is 5.92 Å². The van der Waals surface area contributed by atoms with Gasteiger partial charge in [-0.25, -0.2) is 23.9 Å². The SMILES string of the molecule is CNC(=O)N1CCN(c2ccc(C(=O)Nc3cc(OC(F)(F)F)c(-c4ccc(-c5c[nH]c(C6CC(C)CN6C(=O)CNC(=O)OC)n5)cc4)cc3F)cn2)CC1. The number of nitrogens with zero attached hydrogens (tertiary/aromatic N) is 5. The van der Waals surface area contributed by atoms with E-state index in [0.717, 1.165) is 12.1 Å². The summed E-state index contributed by atoms with van der Waals surface area (Å²) in [7, 11) is 2.75. The maximum atomic E-state index is 15.5. The lowest BCUT2D eigenvalue weighted by Gasteiger charge is -2.35. The Morgan fingerprint density at radius 1 is 1.00 bits per heavy atom. The van der Waals surface area contributed by atoms with Crippen molar-refractivity contribution >= 4 is 35.4 Å². The number of alkyl carbamates (subject to hydrolysis) is 1. The van der Waals surface area contributed by atoms with Crippen molar-refractivity contribution < 1.29 is 46.2 Å². The van der Waals surface area contributed by atoms with Gasteiger partial charge >= 0.3 is 18.5 Å². The van der Waals surface area contributed by atoms with E-state index >= 15 is 4.39 Å². The Balaban J connectivity index is 1.16. The molecule has 6 rings (SSSR count). The molecule has 0 radical (unpaired) electrons. The number of amides is 5. The fourth-order valence-corrected chi connectivity index (χ4v) is 6.66. The molecule has 15 nitrogen and oxygen atoms in total. The third-order valence-electron chi connectivity index (χ3n) is 9.46. The molecule has 0 saturated carbocycles. The van der Waals surface area contributed by atoms with Gasteiger partial charge in [0.1, 0.15) is 29.8 Å². The zero-order chi connectivity index (χ0) is 40.1. The van der Waals surface area contributed by atoms with E-state index in [1.807, 2.05) is 11.8 Å². The van der Waals surface area contributed by atoms with Gasteiger partial charge in [-0.05, 0) is 36.1 Å². The Morgan fingerprint density at radius 2 is 1.71 bits per heavy atom. The van der Waals surface area contributed by atoms with Crippen LogP contribution in [0.15, 0.2) is 60.9 Å². The summed E-state index contributed by atoms with van der Waals surface area (Å²) >= 11 is 0. The predicted octanol–water partition coefficient (Wildman–Crippen LogP) is 5.16. The fourth-order valence-electron chi connectivity index (χ4n) is 6.66. The highest BCUT2D eigenvalue weighted by atomic mass is 19.4. The first-order valence-corrected chi connectivity index (χ1v) is 17.6. The maximum Gasteiger partial charge on any atom is 0.573 e. The van der Waals surface area contributed by atoms with Crippen LogP contribution < -0.4 is 25.6 Å². The highest BCUT2D eigenvalue weighted by Gasteiger charge is 2.36. The molecule has 0 spiro atoms. The van der Waals surface area contributed by atoms with Gasteiger partial charge < -0.3 is 45.1 Å². The number of aromatic nitrogens is 3. The molecule has 5 amide bonds. The highest BCUT2D eigenvalue weighted by molar-refractivity contribution is 6.04. The quantitative estimate of drug-likeness (QED) is 0.168. The zero-order valence-electron chi connectivity index (χ0n) is 30.6. The molecule has 4 heterocycles. The molecule has 2 aliphatic heterocycles.